The highest BCUT2D eigenvalue weighted by Gasteiger charge is 2.41. The Morgan fingerprint density at radius 1 is 1.42 bits per heavy atom. The quantitative estimate of drug-likeness (QED) is 0.821. The molecule has 0 aromatic heterocycles. The summed E-state index contributed by atoms with van der Waals surface area (Å²) in [6.07, 6.45) is 3.16. The first kappa shape index (κ1) is 14.6. The summed E-state index contributed by atoms with van der Waals surface area (Å²) < 4.78 is 27.1. The van der Waals surface area contributed by atoms with Crippen molar-refractivity contribution in [3.63, 3.8) is 0 Å². The molecule has 1 aliphatic carbocycles. The summed E-state index contributed by atoms with van der Waals surface area (Å²) in [5.41, 5.74) is 7.02. The molecule has 0 spiro atoms. The number of nitrogens with two attached hydrogens (primary N) is 1. The van der Waals surface area contributed by atoms with Crippen molar-refractivity contribution in [2.75, 3.05) is 12.3 Å². The monoisotopic (exact) mass is 302 g/mol. The van der Waals surface area contributed by atoms with Crippen LogP contribution in [-0.2, 0) is 10.0 Å². The van der Waals surface area contributed by atoms with E-state index >= 15 is 0 Å². The molecule has 6 heteroatoms. The molecule has 0 saturated heterocycles. The standard InChI is InChI=1S/C13H19ClN2O2S/c1-3-13(4-5-13)8-16-19(17,18)10-6-11(14)9(2)12(15)7-10/h6-7,16H,3-5,8,15H2,1-2H3. The molecule has 0 atom stereocenters. The maximum atomic E-state index is 12.2. The summed E-state index contributed by atoms with van der Waals surface area (Å²) in [6.45, 7) is 4.33. The minimum atomic E-state index is -3.54. The Morgan fingerprint density at radius 3 is 2.53 bits per heavy atom. The van der Waals surface area contributed by atoms with Crippen molar-refractivity contribution in [3.8, 4) is 0 Å². The fourth-order valence-electron chi connectivity index (χ4n) is 1.99. The summed E-state index contributed by atoms with van der Waals surface area (Å²) in [6, 6.07) is 2.90. The molecular weight excluding hydrogens is 284 g/mol. The normalized spacial score (nSPS) is 17.4. The first-order chi connectivity index (χ1) is 8.80. The van der Waals surface area contributed by atoms with Gasteiger partial charge in [0.25, 0.3) is 0 Å². The Bertz CT molecular complexity index is 572. The van der Waals surface area contributed by atoms with Crippen LogP contribution in [0.2, 0.25) is 5.02 Å². The third-order valence-corrected chi connectivity index (χ3v) is 5.79. The summed E-state index contributed by atoms with van der Waals surface area (Å²) in [5, 5.41) is 0.372. The van der Waals surface area contributed by atoms with Crippen molar-refractivity contribution < 1.29 is 8.42 Å². The van der Waals surface area contributed by atoms with E-state index in [1.165, 1.54) is 12.1 Å². The summed E-state index contributed by atoms with van der Waals surface area (Å²) in [4.78, 5) is 0.132. The molecule has 106 valence electrons. The molecule has 3 N–H and O–H groups in total. The van der Waals surface area contributed by atoms with Crippen LogP contribution in [-0.4, -0.2) is 15.0 Å². The van der Waals surface area contributed by atoms with E-state index in [-0.39, 0.29) is 10.3 Å². The maximum Gasteiger partial charge on any atom is 0.240 e. The average Bonchev–Trinajstić information content (AvgIpc) is 3.14. The lowest BCUT2D eigenvalue weighted by Crippen LogP contribution is -2.30. The SMILES string of the molecule is CCC1(CNS(=O)(=O)c2cc(N)c(C)c(Cl)c2)CC1. The van der Waals surface area contributed by atoms with Crippen molar-refractivity contribution in [2.45, 2.75) is 38.0 Å². The largest absolute Gasteiger partial charge is 0.398 e. The molecule has 0 bridgehead atoms. The molecule has 1 fully saturated rings. The van der Waals surface area contributed by atoms with E-state index in [0.29, 0.717) is 22.8 Å². The fraction of sp³-hybridized carbons (Fsp3) is 0.538. The van der Waals surface area contributed by atoms with Gasteiger partial charge in [-0.1, -0.05) is 18.5 Å². The zero-order chi connectivity index (χ0) is 14.3. The van der Waals surface area contributed by atoms with E-state index in [9.17, 15) is 8.42 Å². The second-order valence-corrected chi connectivity index (χ2v) is 7.47. The molecule has 0 amide bonds. The van der Waals surface area contributed by atoms with Gasteiger partial charge in [0.2, 0.25) is 10.0 Å². The molecule has 0 radical (unpaired) electrons. The van der Waals surface area contributed by atoms with Gasteiger partial charge in [0.15, 0.2) is 0 Å². The molecular formula is C13H19ClN2O2S. The van der Waals surface area contributed by atoms with Gasteiger partial charge >= 0.3 is 0 Å². The molecule has 19 heavy (non-hydrogen) atoms. The van der Waals surface area contributed by atoms with Crippen molar-refractivity contribution >= 4 is 27.3 Å². The lowest BCUT2D eigenvalue weighted by atomic mass is 10.1. The van der Waals surface area contributed by atoms with Crippen LogP contribution in [0.5, 0.6) is 0 Å². The third kappa shape index (κ3) is 3.04. The van der Waals surface area contributed by atoms with Gasteiger partial charge < -0.3 is 5.73 Å². The first-order valence-corrected chi connectivity index (χ1v) is 8.21. The topological polar surface area (TPSA) is 72.2 Å². The molecule has 1 aromatic rings. The lowest BCUT2D eigenvalue weighted by Gasteiger charge is -2.14. The highest BCUT2D eigenvalue weighted by Crippen LogP contribution is 2.48. The molecule has 1 saturated carbocycles. The molecule has 0 heterocycles. The van der Waals surface area contributed by atoms with Gasteiger partial charge in [0.1, 0.15) is 0 Å². The van der Waals surface area contributed by atoms with Crippen LogP contribution in [0.4, 0.5) is 5.69 Å². The number of hydrogen-bond donors (Lipinski definition) is 2. The molecule has 0 unspecified atom stereocenters. The van der Waals surface area contributed by atoms with Gasteiger partial charge in [-0.05, 0) is 49.3 Å². The van der Waals surface area contributed by atoms with Crippen LogP contribution in [0, 0.1) is 12.3 Å². The average molecular weight is 303 g/mol. The van der Waals surface area contributed by atoms with Crippen LogP contribution in [0.1, 0.15) is 31.7 Å². The first-order valence-electron chi connectivity index (χ1n) is 6.35. The van der Waals surface area contributed by atoms with Crippen LogP contribution >= 0.6 is 11.6 Å². The molecule has 0 aliphatic heterocycles. The van der Waals surface area contributed by atoms with Crippen LogP contribution in [0.3, 0.4) is 0 Å². The third-order valence-electron chi connectivity index (χ3n) is 4.01. The van der Waals surface area contributed by atoms with Crippen LogP contribution < -0.4 is 10.5 Å². The Hall–Kier alpha value is -0.780. The minimum absolute atomic E-state index is 0.132. The van der Waals surface area contributed by atoms with E-state index in [1.807, 2.05) is 0 Å². The second kappa shape index (κ2) is 4.96. The van der Waals surface area contributed by atoms with E-state index in [4.69, 9.17) is 17.3 Å². The zero-order valence-corrected chi connectivity index (χ0v) is 12.7. The van der Waals surface area contributed by atoms with E-state index in [1.54, 1.807) is 6.92 Å². The summed E-state index contributed by atoms with van der Waals surface area (Å²) in [7, 11) is -3.54. The molecule has 1 aromatic carbocycles. The maximum absolute atomic E-state index is 12.2. The van der Waals surface area contributed by atoms with Crippen molar-refractivity contribution in [2.24, 2.45) is 5.41 Å². The van der Waals surface area contributed by atoms with Crippen molar-refractivity contribution in [3.05, 3.63) is 22.7 Å². The van der Waals surface area contributed by atoms with Crippen LogP contribution in [0.15, 0.2) is 17.0 Å². The number of halogens is 1. The minimum Gasteiger partial charge on any atom is -0.398 e. The van der Waals surface area contributed by atoms with Crippen molar-refractivity contribution in [1.29, 1.82) is 0 Å². The Kier molecular flexibility index (Phi) is 3.82. The van der Waals surface area contributed by atoms with Gasteiger partial charge in [0.05, 0.1) is 4.90 Å². The van der Waals surface area contributed by atoms with Gasteiger partial charge in [-0.3, -0.25) is 0 Å². The number of benzene rings is 1. The number of nitrogens with one attached hydrogen (secondary N) is 1. The Labute approximate surface area is 119 Å². The molecule has 2 rings (SSSR count). The number of hydrogen-bond acceptors (Lipinski definition) is 3. The predicted octanol–water partition coefficient (Wildman–Crippen LogP) is 2.70. The Morgan fingerprint density at radius 2 is 2.05 bits per heavy atom. The number of nitrogen functional groups attached to an aromatic ring is 1. The lowest BCUT2D eigenvalue weighted by molar-refractivity contribution is 0.475. The highest BCUT2D eigenvalue weighted by molar-refractivity contribution is 7.89. The smallest absolute Gasteiger partial charge is 0.240 e. The number of rotatable bonds is 5. The molecule has 4 nitrogen and oxygen atoms in total. The van der Waals surface area contributed by atoms with E-state index in [2.05, 4.69) is 11.6 Å². The number of anilines is 1. The summed E-state index contributed by atoms with van der Waals surface area (Å²) >= 11 is 5.98. The predicted molar refractivity (Wildman–Crippen MR) is 77.7 cm³/mol. The van der Waals surface area contributed by atoms with Gasteiger partial charge in [0, 0.05) is 17.3 Å². The van der Waals surface area contributed by atoms with Gasteiger partial charge in [-0.2, -0.15) is 0 Å². The van der Waals surface area contributed by atoms with Crippen LogP contribution in [0.25, 0.3) is 0 Å². The van der Waals surface area contributed by atoms with Gasteiger partial charge in [-0.15, -0.1) is 0 Å². The van der Waals surface area contributed by atoms with Gasteiger partial charge in [-0.25, -0.2) is 13.1 Å². The summed E-state index contributed by atoms with van der Waals surface area (Å²) in [5.74, 6) is 0. The second-order valence-electron chi connectivity index (χ2n) is 5.30. The number of sulfonamides is 1. The van der Waals surface area contributed by atoms with Crippen molar-refractivity contribution in [1.82, 2.24) is 4.72 Å². The Balaban J connectivity index is 2.20. The molecule has 1 aliphatic rings. The highest BCUT2D eigenvalue weighted by atomic mass is 35.5. The van der Waals surface area contributed by atoms with E-state index < -0.39 is 10.0 Å². The van der Waals surface area contributed by atoms with E-state index in [0.717, 1.165) is 19.3 Å². The zero-order valence-electron chi connectivity index (χ0n) is 11.2. The fourth-order valence-corrected chi connectivity index (χ4v) is 3.50.